The van der Waals surface area contributed by atoms with Crippen LogP contribution in [0.4, 0.5) is 11.4 Å². The Labute approximate surface area is 148 Å². The van der Waals surface area contributed by atoms with E-state index in [4.69, 9.17) is 4.74 Å². The molecule has 1 aromatic rings. The molecule has 0 bridgehead atoms. The standard InChI is InChI=1S/C16H25N3O5S/c1-12-10-18(11-13(2)24-12)8-7-17(3)14-5-6-15(19(20)21)16(9-14)25(4,22)23/h5-6,9,12-13H,7-8,10-11H2,1-4H3/t12-,13+. The molecular weight excluding hydrogens is 346 g/mol. The van der Waals surface area contributed by atoms with Crippen molar-refractivity contribution in [2.75, 3.05) is 44.4 Å². The Hall–Kier alpha value is -1.71. The van der Waals surface area contributed by atoms with E-state index in [-0.39, 0.29) is 17.1 Å². The number of ether oxygens (including phenoxy) is 1. The van der Waals surface area contributed by atoms with Crippen molar-refractivity contribution in [2.45, 2.75) is 31.0 Å². The number of likely N-dealkylation sites (N-methyl/N-ethyl adjacent to an activating group) is 1. The third-order valence-electron chi connectivity index (χ3n) is 4.23. The summed E-state index contributed by atoms with van der Waals surface area (Å²) in [6.45, 7) is 7.28. The van der Waals surface area contributed by atoms with Crippen molar-refractivity contribution >= 4 is 21.2 Å². The molecule has 0 N–H and O–H groups in total. The van der Waals surface area contributed by atoms with Gasteiger partial charge in [0.25, 0.3) is 5.69 Å². The molecule has 1 aromatic carbocycles. The molecule has 1 fully saturated rings. The molecule has 0 radical (unpaired) electrons. The van der Waals surface area contributed by atoms with E-state index in [0.29, 0.717) is 12.2 Å². The Kier molecular flexibility index (Phi) is 6.02. The second kappa shape index (κ2) is 7.67. The lowest BCUT2D eigenvalue weighted by molar-refractivity contribution is -0.387. The number of rotatable bonds is 6. The molecule has 0 saturated carbocycles. The normalized spacial score (nSPS) is 21.9. The first kappa shape index (κ1) is 19.6. The fourth-order valence-corrected chi connectivity index (χ4v) is 3.93. The van der Waals surface area contributed by atoms with Gasteiger partial charge in [-0.3, -0.25) is 15.0 Å². The van der Waals surface area contributed by atoms with E-state index < -0.39 is 20.4 Å². The van der Waals surface area contributed by atoms with Crippen molar-refractivity contribution in [3.63, 3.8) is 0 Å². The Morgan fingerprint density at radius 1 is 1.32 bits per heavy atom. The number of benzene rings is 1. The Balaban J connectivity index is 2.11. The minimum atomic E-state index is -3.68. The van der Waals surface area contributed by atoms with Crippen LogP contribution in [0.1, 0.15) is 13.8 Å². The number of nitro benzene ring substituents is 1. The summed E-state index contributed by atoms with van der Waals surface area (Å²) in [6.07, 6.45) is 1.35. The largest absolute Gasteiger partial charge is 0.373 e. The maximum absolute atomic E-state index is 11.9. The molecule has 2 rings (SSSR count). The number of hydrogen-bond donors (Lipinski definition) is 0. The predicted molar refractivity (Wildman–Crippen MR) is 95.9 cm³/mol. The van der Waals surface area contributed by atoms with Gasteiger partial charge in [0, 0.05) is 51.2 Å². The van der Waals surface area contributed by atoms with Crippen molar-refractivity contribution < 1.29 is 18.1 Å². The lowest BCUT2D eigenvalue weighted by Gasteiger charge is -2.36. The van der Waals surface area contributed by atoms with E-state index in [1.807, 2.05) is 25.8 Å². The van der Waals surface area contributed by atoms with Crippen LogP contribution in [0.3, 0.4) is 0 Å². The highest BCUT2D eigenvalue weighted by molar-refractivity contribution is 7.90. The number of morpholine rings is 1. The average Bonchev–Trinajstić information content (AvgIpc) is 2.50. The van der Waals surface area contributed by atoms with Crippen LogP contribution >= 0.6 is 0 Å². The van der Waals surface area contributed by atoms with Gasteiger partial charge in [0.2, 0.25) is 0 Å². The smallest absolute Gasteiger partial charge is 0.288 e. The van der Waals surface area contributed by atoms with E-state index in [9.17, 15) is 18.5 Å². The number of nitrogens with zero attached hydrogens (tertiary/aromatic N) is 3. The quantitative estimate of drug-likeness (QED) is 0.553. The second-order valence-corrected chi connectivity index (χ2v) is 8.60. The average molecular weight is 371 g/mol. The predicted octanol–water partition coefficient (Wildman–Crippen LogP) is 1.54. The molecule has 2 atom stereocenters. The van der Waals surface area contributed by atoms with Crippen molar-refractivity contribution in [3.05, 3.63) is 28.3 Å². The Bertz CT molecular complexity index is 727. The highest BCUT2D eigenvalue weighted by Crippen LogP contribution is 2.28. The molecule has 0 aliphatic carbocycles. The van der Waals surface area contributed by atoms with Gasteiger partial charge in [0.1, 0.15) is 4.90 Å². The first-order chi connectivity index (χ1) is 11.6. The molecule has 0 unspecified atom stereocenters. The van der Waals surface area contributed by atoms with Crippen LogP contribution in [0.15, 0.2) is 23.1 Å². The van der Waals surface area contributed by atoms with Gasteiger partial charge < -0.3 is 9.64 Å². The van der Waals surface area contributed by atoms with Gasteiger partial charge in [-0.2, -0.15) is 0 Å². The summed E-state index contributed by atoms with van der Waals surface area (Å²) in [5, 5.41) is 11.1. The molecule has 8 nitrogen and oxygen atoms in total. The number of hydrogen-bond acceptors (Lipinski definition) is 7. The van der Waals surface area contributed by atoms with Gasteiger partial charge >= 0.3 is 0 Å². The minimum Gasteiger partial charge on any atom is -0.373 e. The molecule has 25 heavy (non-hydrogen) atoms. The van der Waals surface area contributed by atoms with Crippen LogP contribution in [0, 0.1) is 10.1 Å². The highest BCUT2D eigenvalue weighted by Gasteiger charge is 2.24. The lowest BCUT2D eigenvalue weighted by atomic mass is 10.2. The molecule has 9 heteroatoms. The highest BCUT2D eigenvalue weighted by atomic mass is 32.2. The Morgan fingerprint density at radius 3 is 2.44 bits per heavy atom. The van der Waals surface area contributed by atoms with Crippen LogP contribution in [0.25, 0.3) is 0 Å². The van der Waals surface area contributed by atoms with Crippen LogP contribution in [0.5, 0.6) is 0 Å². The van der Waals surface area contributed by atoms with Crippen LogP contribution < -0.4 is 4.90 Å². The lowest BCUT2D eigenvalue weighted by Crippen LogP contribution is -2.47. The molecule has 1 aliphatic heterocycles. The summed E-state index contributed by atoms with van der Waals surface area (Å²) >= 11 is 0. The first-order valence-corrected chi connectivity index (χ1v) is 10.0. The summed E-state index contributed by atoms with van der Waals surface area (Å²) in [5.41, 5.74) is 0.246. The minimum absolute atomic E-state index is 0.185. The summed E-state index contributed by atoms with van der Waals surface area (Å²) in [7, 11) is -1.83. The van der Waals surface area contributed by atoms with Gasteiger partial charge in [-0.25, -0.2) is 8.42 Å². The van der Waals surface area contributed by atoms with Gasteiger partial charge in [0.15, 0.2) is 9.84 Å². The van der Waals surface area contributed by atoms with Gasteiger partial charge in [-0.05, 0) is 26.0 Å². The van der Waals surface area contributed by atoms with Crippen LogP contribution in [-0.4, -0.2) is 69.9 Å². The summed E-state index contributed by atoms with van der Waals surface area (Å²) in [4.78, 5) is 14.3. The third-order valence-corrected chi connectivity index (χ3v) is 5.35. The second-order valence-electron chi connectivity index (χ2n) is 6.62. The zero-order chi connectivity index (χ0) is 18.8. The van der Waals surface area contributed by atoms with Crippen molar-refractivity contribution in [1.82, 2.24) is 4.90 Å². The fourth-order valence-electron chi connectivity index (χ4n) is 3.08. The van der Waals surface area contributed by atoms with Gasteiger partial charge in [-0.15, -0.1) is 0 Å². The Morgan fingerprint density at radius 2 is 1.92 bits per heavy atom. The molecule has 0 amide bonds. The fraction of sp³-hybridized carbons (Fsp3) is 0.625. The van der Waals surface area contributed by atoms with Crippen LogP contribution in [-0.2, 0) is 14.6 Å². The number of sulfone groups is 1. The summed E-state index contributed by atoms with van der Waals surface area (Å²) < 4.78 is 29.4. The van der Waals surface area contributed by atoms with Crippen molar-refractivity contribution in [1.29, 1.82) is 0 Å². The summed E-state index contributed by atoms with van der Waals surface area (Å²) in [5.74, 6) is 0. The number of nitro groups is 1. The summed E-state index contributed by atoms with van der Waals surface area (Å²) in [6, 6.07) is 4.20. The molecule has 0 spiro atoms. The topological polar surface area (TPSA) is 93.0 Å². The molecule has 1 saturated heterocycles. The van der Waals surface area contributed by atoms with E-state index in [1.165, 1.54) is 12.1 Å². The van der Waals surface area contributed by atoms with E-state index in [0.717, 1.165) is 25.9 Å². The molecule has 0 aromatic heterocycles. The zero-order valence-corrected chi connectivity index (χ0v) is 15.8. The first-order valence-electron chi connectivity index (χ1n) is 8.15. The maximum Gasteiger partial charge on any atom is 0.288 e. The van der Waals surface area contributed by atoms with Crippen LogP contribution in [0.2, 0.25) is 0 Å². The SMILES string of the molecule is C[C@@H]1CN(CCN(C)c2ccc([N+](=O)[O-])c(S(C)(=O)=O)c2)C[C@H](C)O1. The van der Waals surface area contributed by atoms with Gasteiger partial charge in [0.05, 0.1) is 17.1 Å². The van der Waals surface area contributed by atoms with E-state index >= 15 is 0 Å². The molecule has 1 heterocycles. The van der Waals surface area contributed by atoms with Crippen molar-refractivity contribution in [3.8, 4) is 0 Å². The van der Waals surface area contributed by atoms with E-state index in [1.54, 1.807) is 6.07 Å². The monoisotopic (exact) mass is 371 g/mol. The molecule has 140 valence electrons. The maximum atomic E-state index is 11.9. The zero-order valence-electron chi connectivity index (χ0n) is 15.0. The number of anilines is 1. The molecular formula is C16H25N3O5S. The van der Waals surface area contributed by atoms with Gasteiger partial charge in [-0.1, -0.05) is 0 Å². The van der Waals surface area contributed by atoms with E-state index in [2.05, 4.69) is 4.90 Å². The molecule has 1 aliphatic rings. The third kappa shape index (κ3) is 5.13. The van der Waals surface area contributed by atoms with Crippen molar-refractivity contribution in [2.24, 2.45) is 0 Å².